The van der Waals surface area contributed by atoms with Crippen molar-refractivity contribution in [1.29, 1.82) is 0 Å². The van der Waals surface area contributed by atoms with Crippen molar-refractivity contribution in [2.45, 2.75) is 20.4 Å². The number of ether oxygens (including phenoxy) is 1. The molecular formula is C14H27N5O. The maximum Gasteiger partial charge on any atom is 0.140 e. The summed E-state index contributed by atoms with van der Waals surface area (Å²) in [5.74, 6) is 1.01. The molecule has 2 heterocycles. The number of rotatable bonds is 6. The van der Waals surface area contributed by atoms with Gasteiger partial charge in [-0.15, -0.1) is 0 Å². The van der Waals surface area contributed by atoms with Crippen molar-refractivity contribution < 1.29 is 4.74 Å². The van der Waals surface area contributed by atoms with Crippen molar-refractivity contribution in [2.75, 3.05) is 46.4 Å². The molecule has 1 aliphatic heterocycles. The summed E-state index contributed by atoms with van der Waals surface area (Å²) in [5, 5.41) is 4.12. The van der Waals surface area contributed by atoms with Gasteiger partial charge in [0.2, 0.25) is 0 Å². The Balaban J connectivity index is 1.82. The Morgan fingerprint density at radius 1 is 1.35 bits per heavy atom. The van der Waals surface area contributed by atoms with E-state index in [-0.39, 0.29) is 5.41 Å². The van der Waals surface area contributed by atoms with Crippen LogP contribution in [0.2, 0.25) is 0 Å². The van der Waals surface area contributed by atoms with E-state index in [0.29, 0.717) is 0 Å². The zero-order valence-corrected chi connectivity index (χ0v) is 13.2. The lowest BCUT2D eigenvalue weighted by atomic mass is 9.92. The Labute approximate surface area is 121 Å². The van der Waals surface area contributed by atoms with E-state index in [4.69, 9.17) is 4.74 Å². The number of morpholine rings is 1. The molecule has 0 radical (unpaired) electrons. The third kappa shape index (κ3) is 4.54. The van der Waals surface area contributed by atoms with E-state index in [2.05, 4.69) is 40.8 Å². The van der Waals surface area contributed by atoms with E-state index >= 15 is 0 Å². The number of aromatic nitrogens is 3. The largest absolute Gasteiger partial charge is 0.379 e. The number of hydrogen-bond donors (Lipinski definition) is 0. The number of nitrogens with zero attached hydrogens (tertiary/aromatic N) is 5. The van der Waals surface area contributed by atoms with Gasteiger partial charge in [-0.3, -0.25) is 14.5 Å². The molecule has 1 aliphatic rings. The van der Waals surface area contributed by atoms with Gasteiger partial charge in [0, 0.05) is 33.2 Å². The second-order valence-corrected chi connectivity index (χ2v) is 6.52. The minimum atomic E-state index is 0.255. The van der Waals surface area contributed by atoms with Crippen LogP contribution in [0.25, 0.3) is 0 Å². The lowest BCUT2D eigenvalue weighted by Gasteiger charge is -2.37. The zero-order valence-electron chi connectivity index (χ0n) is 13.2. The quantitative estimate of drug-likeness (QED) is 0.764. The molecule has 20 heavy (non-hydrogen) atoms. The fraction of sp³-hybridized carbons (Fsp3) is 0.857. The van der Waals surface area contributed by atoms with Gasteiger partial charge < -0.3 is 4.74 Å². The fourth-order valence-electron chi connectivity index (χ4n) is 2.91. The summed E-state index contributed by atoms with van der Waals surface area (Å²) in [4.78, 5) is 9.11. The topological polar surface area (TPSA) is 46.4 Å². The molecule has 1 fully saturated rings. The molecule has 0 atom stereocenters. The monoisotopic (exact) mass is 281 g/mol. The highest BCUT2D eigenvalue weighted by molar-refractivity contribution is 4.85. The normalized spacial score (nSPS) is 17.9. The molecule has 114 valence electrons. The first-order valence-electron chi connectivity index (χ1n) is 7.28. The Bertz CT molecular complexity index is 411. The third-order valence-corrected chi connectivity index (χ3v) is 3.67. The van der Waals surface area contributed by atoms with Gasteiger partial charge in [-0.2, -0.15) is 5.10 Å². The van der Waals surface area contributed by atoms with Crippen molar-refractivity contribution in [1.82, 2.24) is 24.6 Å². The van der Waals surface area contributed by atoms with Crippen LogP contribution in [0.15, 0.2) is 6.33 Å². The highest BCUT2D eigenvalue weighted by atomic mass is 16.5. The van der Waals surface area contributed by atoms with E-state index in [1.54, 1.807) is 6.33 Å². The summed E-state index contributed by atoms with van der Waals surface area (Å²) < 4.78 is 7.25. The molecule has 0 bridgehead atoms. The SMILES string of the molecule is CN(Cc1ncnn1C)CC(C)(C)CN1CCOCC1. The molecule has 1 saturated heterocycles. The van der Waals surface area contributed by atoms with E-state index in [1.165, 1.54) is 0 Å². The van der Waals surface area contributed by atoms with Crippen LogP contribution in [0.4, 0.5) is 0 Å². The highest BCUT2D eigenvalue weighted by Gasteiger charge is 2.25. The maximum absolute atomic E-state index is 5.41. The summed E-state index contributed by atoms with van der Waals surface area (Å²) >= 11 is 0. The van der Waals surface area contributed by atoms with Gasteiger partial charge >= 0.3 is 0 Å². The Morgan fingerprint density at radius 2 is 2.05 bits per heavy atom. The zero-order chi connectivity index (χ0) is 14.6. The van der Waals surface area contributed by atoms with Gasteiger partial charge in [-0.1, -0.05) is 13.8 Å². The first kappa shape index (κ1) is 15.4. The van der Waals surface area contributed by atoms with Gasteiger partial charge in [-0.25, -0.2) is 4.98 Å². The van der Waals surface area contributed by atoms with Gasteiger partial charge in [0.1, 0.15) is 12.2 Å². The molecule has 0 N–H and O–H groups in total. The van der Waals surface area contributed by atoms with E-state index < -0.39 is 0 Å². The predicted molar refractivity (Wildman–Crippen MR) is 78.4 cm³/mol. The van der Waals surface area contributed by atoms with Gasteiger partial charge in [-0.05, 0) is 12.5 Å². The first-order valence-corrected chi connectivity index (χ1v) is 7.28. The number of aryl methyl sites for hydroxylation is 1. The van der Waals surface area contributed by atoms with Crippen LogP contribution in [-0.2, 0) is 18.3 Å². The van der Waals surface area contributed by atoms with E-state index in [9.17, 15) is 0 Å². The summed E-state index contributed by atoms with van der Waals surface area (Å²) in [5.41, 5.74) is 0.255. The van der Waals surface area contributed by atoms with Crippen LogP contribution < -0.4 is 0 Å². The standard InChI is InChI=1S/C14H27N5O/c1-14(2,11-19-5-7-20-8-6-19)10-17(3)9-13-15-12-16-18(13)4/h12H,5-11H2,1-4H3. The minimum Gasteiger partial charge on any atom is -0.379 e. The molecule has 0 amide bonds. The van der Waals surface area contributed by atoms with Crippen molar-refractivity contribution in [3.8, 4) is 0 Å². The van der Waals surface area contributed by atoms with Crippen LogP contribution in [-0.4, -0.2) is 71.0 Å². The maximum atomic E-state index is 5.41. The molecule has 2 rings (SSSR count). The van der Waals surface area contributed by atoms with Crippen LogP contribution in [0.5, 0.6) is 0 Å². The predicted octanol–water partition coefficient (Wildman–Crippen LogP) is 0.605. The lowest BCUT2D eigenvalue weighted by Crippen LogP contribution is -2.45. The van der Waals surface area contributed by atoms with Crippen molar-refractivity contribution in [3.63, 3.8) is 0 Å². The molecule has 6 nitrogen and oxygen atoms in total. The van der Waals surface area contributed by atoms with Crippen molar-refractivity contribution in [2.24, 2.45) is 12.5 Å². The second kappa shape index (κ2) is 6.65. The fourth-order valence-corrected chi connectivity index (χ4v) is 2.91. The smallest absolute Gasteiger partial charge is 0.140 e. The molecule has 0 spiro atoms. The molecule has 1 aromatic rings. The Morgan fingerprint density at radius 3 is 2.65 bits per heavy atom. The average molecular weight is 281 g/mol. The molecule has 6 heteroatoms. The van der Waals surface area contributed by atoms with E-state index in [0.717, 1.165) is 51.8 Å². The van der Waals surface area contributed by atoms with Crippen LogP contribution in [0.1, 0.15) is 19.7 Å². The minimum absolute atomic E-state index is 0.255. The molecular weight excluding hydrogens is 254 g/mol. The third-order valence-electron chi connectivity index (χ3n) is 3.67. The van der Waals surface area contributed by atoms with Crippen LogP contribution in [0.3, 0.4) is 0 Å². The first-order chi connectivity index (χ1) is 9.46. The summed E-state index contributed by atoms with van der Waals surface area (Å²) in [6, 6.07) is 0. The average Bonchev–Trinajstić information content (AvgIpc) is 2.74. The summed E-state index contributed by atoms with van der Waals surface area (Å²) in [7, 11) is 4.09. The van der Waals surface area contributed by atoms with Gasteiger partial charge in [0.05, 0.1) is 19.8 Å². The summed E-state index contributed by atoms with van der Waals surface area (Å²) in [6.45, 7) is 11.5. The van der Waals surface area contributed by atoms with Crippen molar-refractivity contribution in [3.05, 3.63) is 12.2 Å². The van der Waals surface area contributed by atoms with E-state index in [1.807, 2.05) is 11.7 Å². The Hall–Kier alpha value is -0.980. The Kier molecular flexibility index (Phi) is 5.12. The van der Waals surface area contributed by atoms with Gasteiger partial charge in [0.15, 0.2) is 0 Å². The molecule has 0 aliphatic carbocycles. The summed E-state index contributed by atoms with van der Waals surface area (Å²) in [6.07, 6.45) is 1.61. The highest BCUT2D eigenvalue weighted by Crippen LogP contribution is 2.19. The van der Waals surface area contributed by atoms with Crippen LogP contribution in [0, 0.1) is 5.41 Å². The van der Waals surface area contributed by atoms with Gasteiger partial charge in [0.25, 0.3) is 0 Å². The second-order valence-electron chi connectivity index (χ2n) is 6.52. The molecule has 1 aromatic heterocycles. The lowest BCUT2D eigenvalue weighted by molar-refractivity contribution is 0.0159. The number of hydrogen-bond acceptors (Lipinski definition) is 5. The molecule has 0 aromatic carbocycles. The van der Waals surface area contributed by atoms with Crippen molar-refractivity contribution >= 4 is 0 Å². The van der Waals surface area contributed by atoms with Crippen LogP contribution >= 0.6 is 0 Å². The molecule has 0 saturated carbocycles. The molecule has 0 unspecified atom stereocenters.